The summed E-state index contributed by atoms with van der Waals surface area (Å²) < 4.78 is 0. The number of piperidine rings is 1. The molecule has 2 aliphatic rings. The summed E-state index contributed by atoms with van der Waals surface area (Å²) in [5, 5.41) is 1.16. The summed E-state index contributed by atoms with van der Waals surface area (Å²) in [6.45, 7) is 1.97. The lowest BCUT2D eigenvalue weighted by molar-refractivity contribution is -0.126. The van der Waals surface area contributed by atoms with Crippen molar-refractivity contribution in [2.24, 2.45) is 5.92 Å². The zero-order valence-corrected chi connectivity index (χ0v) is 14.0. The average Bonchev–Trinajstić information content (AvgIpc) is 2.72. The van der Waals surface area contributed by atoms with E-state index in [0.717, 1.165) is 12.8 Å². The molecule has 0 aliphatic carbocycles. The first-order valence-electron chi connectivity index (χ1n) is 7.72. The van der Waals surface area contributed by atoms with Gasteiger partial charge < -0.3 is 0 Å². The van der Waals surface area contributed by atoms with E-state index in [2.05, 4.69) is 11.9 Å². The topological polar surface area (TPSA) is 20.3 Å². The van der Waals surface area contributed by atoms with Crippen molar-refractivity contribution in [1.82, 2.24) is 4.90 Å². The molecular formula is C17H21Cl2NO. The number of benzene rings is 1. The van der Waals surface area contributed by atoms with E-state index < -0.39 is 0 Å². The number of fused-ring (bicyclic) bond motifs is 2. The average molecular weight is 326 g/mol. The third kappa shape index (κ3) is 2.62. The third-order valence-electron chi connectivity index (χ3n) is 5.36. The minimum atomic E-state index is 0.0935. The van der Waals surface area contributed by atoms with Crippen LogP contribution in [0.15, 0.2) is 18.2 Å². The van der Waals surface area contributed by atoms with Crippen molar-refractivity contribution in [3.05, 3.63) is 33.8 Å². The molecule has 4 heteroatoms. The van der Waals surface area contributed by atoms with E-state index in [1.54, 1.807) is 0 Å². The summed E-state index contributed by atoms with van der Waals surface area (Å²) in [6.07, 6.45) is 3.99. The largest absolute Gasteiger partial charge is 0.300 e. The van der Waals surface area contributed by atoms with Crippen molar-refractivity contribution in [2.75, 3.05) is 7.05 Å². The van der Waals surface area contributed by atoms with Crippen LogP contribution in [0.2, 0.25) is 10.0 Å². The Morgan fingerprint density at radius 1 is 1.29 bits per heavy atom. The molecule has 0 aromatic heterocycles. The Balaban J connectivity index is 1.98. The summed E-state index contributed by atoms with van der Waals surface area (Å²) in [6, 6.07) is 6.83. The molecule has 2 bridgehead atoms. The highest BCUT2D eigenvalue weighted by molar-refractivity contribution is 6.42. The Bertz CT molecular complexity index is 560. The molecule has 0 radical (unpaired) electrons. The Labute approximate surface area is 136 Å². The highest BCUT2D eigenvalue weighted by Gasteiger charge is 2.48. The molecule has 2 fully saturated rings. The molecule has 0 N–H and O–H groups in total. The maximum Gasteiger partial charge on any atom is 0.137 e. The first-order chi connectivity index (χ1) is 10.0. The SMILES string of the molecule is CCC(=O)[C@H]1C(c2ccc(Cl)c(Cl)c2)C[C@@H]2CC[C@H]1N2C. The number of ketones is 1. The maximum absolute atomic E-state index is 12.6. The van der Waals surface area contributed by atoms with Gasteiger partial charge in [0.05, 0.1) is 10.0 Å². The lowest BCUT2D eigenvalue weighted by Gasteiger charge is -2.42. The van der Waals surface area contributed by atoms with Crippen LogP contribution in [0, 0.1) is 5.92 Å². The first-order valence-corrected chi connectivity index (χ1v) is 8.48. The highest BCUT2D eigenvalue weighted by Crippen LogP contribution is 2.47. The van der Waals surface area contributed by atoms with Gasteiger partial charge >= 0.3 is 0 Å². The smallest absolute Gasteiger partial charge is 0.137 e. The van der Waals surface area contributed by atoms with Gasteiger partial charge in [0.25, 0.3) is 0 Å². The van der Waals surface area contributed by atoms with Gasteiger partial charge in [-0.3, -0.25) is 9.69 Å². The molecule has 2 nitrogen and oxygen atoms in total. The number of nitrogens with zero attached hydrogens (tertiary/aromatic N) is 1. The summed E-state index contributed by atoms with van der Waals surface area (Å²) in [5.41, 5.74) is 1.17. The highest BCUT2D eigenvalue weighted by atomic mass is 35.5. The van der Waals surface area contributed by atoms with Gasteiger partial charge in [-0.1, -0.05) is 36.2 Å². The van der Waals surface area contributed by atoms with E-state index in [9.17, 15) is 4.79 Å². The second-order valence-corrected chi connectivity index (χ2v) is 7.14. The molecule has 3 rings (SSSR count). The molecule has 0 saturated carbocycles. The van der Waals surface area contributed by atoms with E-state index in [4.69, 9.17) is 23.2 Å². The van der Waals surface area contributed by atoms with E-state index in [1.165, 1.54) is 12.0 Å². The minimum Gasteiger partial charge on any atom is -0.300 e. The third-order valence-corrected chi connectivity index (χ3v) is 6.10. The Morgan fingerprint density at radius 3 is 2.71 bits per heavy atom. The molecule has 0 spiro atoms. The Hall–Kier alpha value is -0.570. The van der Waals surface area contributed by atoms with Crippen LogP contribution < -0.4 is 0 Å². The van der Waals surface area contributed by atoms with Gasteiger partial charge in [-0.05, 0) is 49.9 Å². The van der Waals surface area contributed by atoms with Crippen molar-refractivity contribution in [3.8, 4) is 0 Å². The van der Waals surface area contributed by atoms with Gasteiger partial charge in [0.2, 0.25) is 0 Å². The van der Waals surface area contributed by atoms with Crippen molar-refractivity contribution >= 4 is 29.0 Å². The first kappa shape index (κ1) is 15.3. The predicted octanol–water partition coefficient (Wildman–Crippen LogP) is 4.54. The molecule has 1 unspecified atom stereocenters. The predicted molar refractivity (Wildman–Crippen MR) is 87.2 cm³/mol. The van der Waals surface area contributed by atoms with E-state index in [0.29, 0.717) is 34.3 Å². The summed E-state index contributed by atoms with van der Waals surface area (Å²) in [5.74, 6) is 0.750. The number of Topliss-reactive ketones (excluding diaryl/α,β-unsaturated/α-hetero) is 1. The number of carbonyl (C=O) groups excluding carboxylic acids is 1. The molecule has 2 aliphatic heterocycles. The fourth-order valence-corrected chi connectivity index (χ4v) is 4.53. The van der Waals surface area contributed by atoms with Crippen molar-refractivity contribution < 1.29 is 4.79 Å². The van der Waals surface area contributed by atoms with Gasteiger partial charge in [0.1, 0.15) is 5.78 Å². The second-order valence-electron chi connectivity index (χ2n) is 6.33. The Kier molecular flexibility index (Phi) is 4.31. The molecule has 2 saturated heterocycles. The normalized spacial score (nSPS) is 32.4. The van der Waals surface area contributed by atoms with Crippen LogP contribution in [0.4, 0.5) is 0 Å². The summed E-state index contributed by atoms with van der Waals surface area (Å²) in [7, 11) is 2.17. The van der Waals surface area contributed by atoms with Gasteiger partial charge in [0.15, 0.2) is 0 Å². The number of hydrogen-bond donors (Lipinski definition) is 0. The molecule has 114 valence electrons. The Morgan fingerprint density at radius 2 is 2.05 bits per heavy atom. The van der Waals surface area contributed by atoms with Crippen LogP contribution >= 0.6 is 23.2 Å². The van der Waals surface area contributed by atoms with Crippen LogP contribution in [0.1, 0.15) is 44.1 Å². The number of halogens is 2. The van der Waals surface area contributed by atoms with E-state index in [-0.39, 0.29) is 11.8 Å². The van der Waals surface area contributed by atoms with Gasteiger partial charge in [-0.2, -0.15) is 0 Å². The lowest BCUT2D eigenvalue weighted by Crippen LogP contribution is -2.48. The number of rotatable bonds is 3. The summed E-state index contributed by atoms with van der Waals surface area (Å²) in [4.78, 5) is 15.0. The second kappa shape index (κ2) is 5.91. The quantitative estimate of drug-likeness (QED) is 0.813. The monoisotopic (exact) mass is 325 g/mol. The van der Waals surface area contributed by atoms with Gasteiger partial charge in [-0.25, -0.2) is 0 Å². The zero-order chi connectivity index (χ0) is 15.1. The molecular weight excluding hydrogens is 305 g/mol. The fourth-order valence-electron chi connectivity index (χ4n) is 4.23. The molecule has 21 heavy (non-hydrogen) atoms. The lowest BCUT2D eigenvalue weighted by atomic mass is 9.73. The van der Waals surface area contributed by atoms with Crippen LogP contribution in [-0.4, -0.2) is 29.8 Å². The molecule has 1 aromatic carbocycles. The van der Waals surface area contributed by atoms with Crippen LogP contribution in [0.25, 0.3) is 0 Å². The maximum atomic E-state index is 12.6. The van der Waals surface area contributed by atoms with Crippen molar-refractivity contribution in [3.63, 3.8) is 0 Å². The minimum absolute atomic E-state index is 0.0935. The molecule has 1 aromatic rings. The van der Waals surface area contributed by atoms with Crippen molar-refractivity contribution in [1.29, 1.82) is 0 Å². The van der Waals surface area contributed by atoms with Crippen molar-refractivity contribution in [2.45, 2.75) is 50.6 Å². The fraction of sp³-hybridized carbons (Fsp3) is 0.588. The van der Waals surface area contributed by atoms with Crippen LogP contribution in [-0.2, 0) is 4.79 Å². The van der Waals surface area contributed by atoms with Crippen LogP contribution in [0.5, 0.6) is 0 Å². The number of carbonyl (C=O) groups is 1. The molecule has 4 atom stereocenters. The van der Waals surface area contributed by atoms with Gasteiger partial charge in [-0.15, -0.1) is 0 Å². The van der Waals surface area contributed by atoms with E-state index >= 15 is 0 Å². The molecule has 0 amide bonds. The molecule has 2 heterocycles. The number of hydrogen-bond acceptors (Lipinski definition) is 2. The zero-order valence-electron chi connectivity index (χ0n) is 12.5. The standard InChI is InChI=1S/C17H21Cl2NO/c1-3-16(21)17-12(9-11-5-7-15(17)20(11)2)10-4-6-13(18)14(19)8-10/h4,6,8,11-12,15,17H,3,5,7,9H2,1-2H3/t11-,12?,15+,17-/m0/s1. The van der Waals surface area contributed by atoms with Crippen LogP contribution in [0.3, 0.4) is 0 Å². The summed E-state index contributed by atoms with van der Waals surface area (Å²) >= 11 is 12.2. The van der Waals surface area contributed by atoms with E-state index in [1.807, 2.05) is 25.1 Å². The van der Waals surface area contributed by atoms with Gasteiger partial charge in [0, 0.05) is 24.4 Å².